The van der Waals surface area contributed by atoms with Crippen LogP contribution in [0.25, 0.3) is 0 Å². The van der Waals surface area contributed by atoms with Crippen LogP contribution in [0.5, 0.6) is 0 Å². The number of rotatable bonds is 3. The number of aromatic amines is 1. The van der Waals surface area contributed by atoms with Crippen LogP contribution in [0.2, 0.25) is 0 Å². The maximum Gasteiger partial charge on any atom is 0.408 e. The number of carbonyl (C=O) groups is 2. The molecular formula is C10H15N3O3. The number of nitrogens with zero attached hydrogens (tertiary/aromatic N) is 1. The number of amides is 1. The van der Waals surface area contributed by atoms with E-state index in [9.17, 15) is 9.59 Å². The first-order valence-electron chi connectivity index (χ1n) is 4.88. The predicted molar refractivity (Wildman–Crippen MR) is 57.2 cm³/mol. The highest BCUT2D eigenvalue weighted by Crippen LogP contribution is 2.06. The molecule has 0 fully saturated rings. The van der Waals surface area contributed by atoms with Gasteiger partial charge in [-0.25, -0.2) is 9.78 Å². The van der Waals surface area contributed by atoms with E-state index in [2.05, 4.69) is 15.3 Å². The van der Waals surface area contributed by atoms with Gasteiger partial charge in [0.1, 0.15) is 5.60 Å². The van der Waals surface area contributed by atoms with Gasteiger partial charge in [-0.3, -0.25) is 4.79 Å². The van der Waals surface area contributed by atoms with Gasteiger partial charge < -0.3 is 15.0 Å². The fourth-order valence-corrected chi connectivity index (χ4v) is 0.968. The number of carbonyl (C=O) groups excluding carboxylic acids is 2. The van der Waals surface area contributed by atoms with Gasteiger partial charge in [-0.2, -0.15) is 0 Å². The van der Waals surface area contributed by atoms with E-state index in [1.54, 1.807) is 27.0 Å². The van der Waals surface area contributed by atoms with Gasteiger partial charge in [0.15, 0.2) is 5.82 Å². The summed E-state index contributed by atoms with van der Waals surface area (Å²) in [7, 11) is 0. The zero-order valence-corrected chi connectivity index (χ0v) is 9.53. The molecule has 1 aromatic rings. The van der Waals surface area contributed by atoms with Gasteiger partial charge >= 0.3 is 6.09 Å². The lowest BCUT2D eigenvalue weighted by Gasteiger charge is -2.19. The second kappa shape index (κ2) is 4.78. The Labute approximate surface area is 93.4 Å². The summed E-state index contributed by atoms with van der Waals surface area (Å²) in [4.78, 5) is 29.1. The van der Waals surface area contributed by atoms with Crippen LogP contribution in [-0.2, 0) is 4.74 Å². The van der Waals surface area contributed by atoms with Crippen LogP contribution in [-0.4, -0.2) is 34.0 Å². The molecule has 0 aliphatic rings. The van der Waals surface area contributed by atoms with Crippen molar-refractivity contribution in [3.63, 3.8) is 0 Å². The first-order chi connectivity index (χ1) is 7.38. The van der Waals surface area contributed by atoms with E-state index in [0.717, 1.165) is 0 Å². The molecule has 0 aliphatic carbocycles. The number of imidazole rings is 1. The van der Waals surface area contributed by atoms with Crippen LogP contribution in [0.4, 0.5) is 4.79 Å². The van der Waals surface area contributed by atoms with Crippen molar-refractivity contribution < 1.29 is 14.3 Å². The van der Waals surface area contributed by atoms with Crippen LogP contribution < -0.4 is 5.32 Å². The third-order valence-corrected chi connectivity index (χ3v) is 1.55. The molecule has 2 N–H and O–H groups in total. The van der Waals surface area contributed by atoms with Crippen LogP contribution in [0.1, 0.15) is 31.4 Å². The number of H-pyrrole nitrogens is 1. The van der Waals surface area contributed by atoms with E-state index < -0.39 is 11.7 Å². The number of aromatic nitrogens is 2. The molecule has 1 amide bonds. The first kappa shape index (κ1) is 12.2. The summed E-state index contributed by atoms with van der Waals surface area (Å²) >= 11 is 0. The van der Waals surface area contributed by atoms with E-state index in [4.69, 9.17) is 4.74 Å². The molecule has 6 nitrogen and oxygen atoms in total. The Kier molecular flexibility index (Phi) is 3.65. The monoisotopic (exact) mass is 225 g/mol. The number of ketones is 1. The van der Waals surface area contributed by atoms with Crippen molar-refractivity contribution in [2.75, 3.05) is 6.54 Å². The highest BCUT2D eigenvalue weighted by atomic mass is 16.6. The minimum Gasteiger partial charge on any atom is -0.444 e. The zero-order valence-electron chi connectivity index (χ0n) is 9.53. The highest BCUT2D eigenvalue weighted by molar-refractivity contribution is 5.95. The number of alkyl carbamates (subject to hydrolysis) is 1. The maximum absolute atomic E-state index is 11.4. The summed E-state index contributed by atoms with van der Waals surface area (Å²) in [6.45, 7) is 5.12. The molecule has 0 aliphatic heterocycles. The van der Waals surface area contributed by atoms with Gasteiger partial charge in [-0.1, -0.05) is 0 Å². The van der Waals surface area contributed by atoms with E-state index in [1.807, 2.05) is 0 Å². The van der Waals surface area contributed by atoms with Gasteiger partial charge in [0.05, 0.1) is 6.54 Å². The molecular weight excluding hydrogens is 210 g/mol. The zero-order chi connectivity index (χ0) is 12.2. The summed E-state index contributed by atoms with van der Waals surface area (Å²) < 4.78 is 4.97. The standard InChI is InChI=1S/C10H15N3O3/c1-10(2,3)16-9(15)13-6-7(14)8-11-4-5-12-8/h4-5H,6H2,1-3H3,(H,11,12)(H,13,15). The molecule has 0 bridgehead atoms. The van der Waals surface area contributed by atoms with Crippen molar-refractivity contribution >= 4 is 11.9 Å². The summed E-state index contributed by atoms with van der Waals surface area (Å²) in [5.41, 5.74) is -0.572. The second-order valence-corrected chi connectivity index (χ2v) is 4.22. The molecule has 88 valence electrons. The van der Waals surface area contributed by atoms with Crippen molar-refractivity contribution in [1.29, 1.82) is 0 Å². The van der Waals surface area contributed by atoms with Crippen LogP contribution in [0.3, 0.4) is 0 Å². The third-order valence-electron chi connectivity index (χ3n) is 1.55. The molecule has 0 atom stereocenters. The van der Waals surface area contributed by atoms with Gasteiger partial charge in [-0.05, 0) is 20.8 Å². The van der Waals surface area contributed by atoms with E-state index in [0.29, 0.717) is 0 Å². The lowest BCUT2D eigenvalue weighted by molar-refractivity contribution is 0.0520. The molecule has 0 saturated carbocycles. The molecule has 0 unspecified atom stereocenters. The normalized spacial score (nSPS) is 10.9. The molecule has 1 rings (SSSR count). The minimum atomic E-state index is -0.618. The first-order valence-corrected chi connectivity index (χ1v) is 4.88. The van der Waals surface area contributed by atoms with Crippen molar-refractivity contribution in [1.82, 2.24) is 15.3 Å². The van der Waals surface area contributed by atoms with E-state index >= 15 is 0 Å². The lowest BCUT2D eigenvalue weighted by atomic mass is 10.2. The largest absolute Gasteiger partial charge is 0.444 e. The fraction of sp³-hybridized carbons (Fsp3) is 0.500. The molecule has 6 heteroatoms. The molecule has 16 heavy (non-hydrogen) atoms. The molecule has 0 saturated heterocycles. The number of ether oxygens (including phenoxy) is 1. The number of hydrogen-bond acceptors (Lipinski definition) is 4. The van der Waals surface area contributed by atoms with Crippen molar-refractivity contribution in [3.05, 3.63) is 18.2 Å². The Morgan fingerprint density at radius 3 is 2.69 bits per heavy atom. The third kappa shape index (κ3) is 4.12. The summed E-state index contributed by atoms with van der Waals surface area (Å²) in [6.07, 6.45) is 2.40. The quantitative estimate of drug-likeness (QED) is 0.755. The van der Waals surface area contributed by atoms with Crippen LogP contribution >= 0.6 is 0 Å². The second-order valence-electron chi connectivity index (χ2n) is 4.22. The highest BCUT2D eigenvalue weighted by Gasteiger charge is 2.17. The molecule has 1 aromatic heterocycles. The van der Waals surface area contributed by atoms with Gasteiger partial charge in [0.25, 0.3) is 0 Å². The minimum absolute atomic E-state index is 0.136. The number of nitrogens with one attached hydrogen (secondary N) is 2. The summed E-state index contributed by atoms with van der Waals surface area (Å²) in [5.74, 6) is -0.0769. The van der Waals surface area contributed by atoms with Crippen LogP contribution in [0, 0.1) is 0 Å². The van der Waals surface area contributed by atoms with Crippen molar-refractivity contribution in [2.24, 2.45) is 0 Å². The van der Waals surface area contributed by atoms with Gasteiger partial charge in [0.2, 0.25) is 5.78 Å². The lowest BCUT2D eigenvalue weighted by Crippen LogP contribution is -2.35. The van der Waals surface area contributed by atoms with E-state index in [1.165, 1.54) is 6.20 Å². The van der Waals surface area contributed by atoms with Gasteiger partial charge in [-0.15, -0.1) is 0 Å². The van der Waals surface area contributed by atoms with Crippen LogP contribution in [0.15, 0.2) is 12.4 Å². The Balaban J connectivity index is 2.35. The Hall–Kier alpha value is -1.85. The topological polar surface area (TPSA) is 84.1 Å². The smallest absolute Gasteiger partial charge is 0.408 e. The fourth-order valence-electron chi connectivity index (χ4n) is 0.968. The van der Waals surface area contributed by atoms with Gasteiger partial charge in [0, 0.05) is 12.4 Å². The summed E-state index contributed by atoms with van der Waals surface area (Å²) in [5, 5.41) is 2.36. The Bertz CT molecular complexity index is 365. The average Bonchev–Trinajstić information content (AvgIpc) is 2.64. The molecule has 1 heterocycles. The number of hydrogen-bond donors (Lipinski definition) is 2. The van der Waals surface area contributed by atoms with Crippen molar-refractivity contribution in [2.45, 2.75) is 26.4 Å². The average molecular weight is 225 g/mol. The Morgan fingerprint density at radius 1 is 1.50 bits per heavy atom. The molecule has 0 spiro atoms. The van der Waals surface area contributed by atoms with Crippen molar-refractivity contribution in [3.8, 4) is 0 Å². The SMILES string of the molecule is CC(C)(C)OC(=O)NCC(=O)c1ncc[nH]1. The number of Topliss-reactive ketones (excluding diaryl/α,β-unsaturated/α-hetero) is 1. The Morgan fingerprint density at radius 2 is 2.19 bits per heavy atom. The molecule has 0 aromatic carbocycles. The summed E-state index contributed by atoms with van der Waals surface area (Å²) in [6, 6.07) is 0. The molecule has 0 radical (unpaired) electrons. The van der Waals surface area contributed by atoms with E-state index in [-0.39, 0.29) is 18.2 Å². The predicted octanol–water partition coefficient (Wildman–Crippen LogP) is 1.12. The maximum atomic E-state index is 11.4.